The summed E-state index contributed by atoms with van der Waals surface area (Å²) in [6.45, 7) is 1.68. The van der Waals surface area contributed by atoms with Gasteiger partial charge in [-0.1, -0.05) is 5.16 Å². The maximum atomic E-state index is 12.8. The van der Waals surface area contributed by atoms with Crippen molar-refractivity contribution in [2.75, 3.05) is 38.2 Å². The number of anilines is 1. The smallest absolute Gasteiger partial charge is 0.324 e. The van der Waals surface area contributed by atoms with Crippen molar-refractivity contribution in [3.63, 3.8) is 0 Å². The minimum Gasteiger partial charge on any atom is -0.497 e. The Morgan fingerprint density at radius 1 is 1.07 bits per heavy atom. The maximum Gasteiger partial charge on any atom is 0.324 e. The number of aromatic nitrogens is 3. The van der Waals surface area contributed by atoms with Gasteiger partial charge >= 0.3 is 6.01 Å². The van der Waals surface area contributed by atoms with Gasteiger partial charge in [0.05, 0.1) is 18.2 Å². The van der Waals surface area contributed by atoms with Crippen LogP contribution < -0.4 is 14.4 Å². The van der Waals surface area contributed by atoms with Crippen molar-refractivity contribution in [1.29, 1.82) is 0 Å². The van der Waals surface area contributed by atoms with Crippen LogP contribution in [0, 0.1) is 0 Å². The van der Waals surface area contributed by atoms with E-state index in [2.05, 4.69) is 15.1 Å². The fourth-order valence-electron chi connectivity index (χ4n) is 3.03. The highest BCUT2D eigenvalue weighted by molar-refractivity contribution is 7.89. The van der Waals surface area contributed by atoms with Crippen molar-refractivity contribution < 1.29 is 22.4 Å². The molecule has 1 aliphatic rings. The summed E-state index contributed by atoms with van der Waals surface area (Å²) >= 11 is 0. The average Bonchev–Trinajstić information content (AvgIpc) is 3.28. The van der Waals surface area contributed by atoms with Crippen molar-refractivity contribution in [2.45, 2.75) is 11.5 Å². The number of nitrogens with zero attached hydrogens (tertiary/aromatic N) is 5. The van der Waals surface area contributed by atoms with Crippen LogP contribution in [0.3, 0.4) is 0 Å². The molecule has 0 bridgehead atoms. The summed E-state index contributed by atoms with van der Waals surface area (Å²) in [5.41, 5.74) is 0. The highest BCUT2D eigenvalue weighted by Crippen LogP contribution is 2.22. The number of benzene rings is 1. The summed E-state index contributed by atoms with van der Waals surface area (Å²) in [7, 11) is -2.03. The van der Waals surface area contributed by atoms with Gasteiger partial charge in [0.25, 0.3) is 0 Å². The first-order valence-corrected chi connectivity index (χ1v) is 10.7. The van der Waals surface area contributed by atoms with Gasteiger partial charge in [0, 0.05) is 32.4 Å². The Hall–Kier alpha value is -3.18. The molecule has 3 heterocycles. The Kier molecular flexibility index (Phi) is 5.81. The van der Waals surface area contributed by atoms with Gasteiger partial charge in [0.2, 0.25) is 15.8 Å². The molecule has 1 saturated heterocycles. The van der Waals surface area contributed by atoms with Crippen LogP contribution in [0.1, 0.15) is 5.82 Å². The van der Waals surface area contributed by atoms with Gasteiger partial charge < -0.3 is 18.9 Å². The first kappa shape index (κ1) is 20.1. The Morgan fingerprint density at radius 2 is 1.83 bits per heavy atom. The zero-order chi connectivity index (χ0) is 21.0. The number of hydrogen-bond donors (Lipinski definition) is 0. The topological polar surface area (TPSA) is 111 Å². The summed E-state index contributed by atoms with van der Waals surface area (Å²) in [5.74, 6) is 1.63. The molecule has 0 amide bonds. The second-order valence-electron chi connectivity index (χ2n) is 6.54. The van der Waals surface area contributed by atoms with E-state index < -0.39 is 10.0 Å². The summed E-state index contributed by atoms with van der Waals surface area (Å²) in [4.78, 5) is 10.4. The van der Waals surface area contributed by atoms with Gasteiger partial charge in [-0.3, -0.25) is 4.98 Å². The Morgan fingerprint density at radius 3 is 2.50 bits per heavy atom. The van der Waals surface area contributed by atoms with Crippen LogP contribution in [0.5, 0.6) is 11.5 Å². The van der Waals surface area contributed by atoms with E-state index in [0.29, 0.717) is 49.5 Å². The maximum absolute atomic E-state index is 12.8. The zero-order valence-corrected chi connectivity index (χ0v) is 17.2. The van der Waals surface area contributed by atoms with Crippen LogP contribution in [0.25, 0.3) is 0 Å². The Balaban J connectivity index is 1.34. The predicted molar refractivity (Wildman–Crippen MR) is 107 cm³/mol. The molecule has 30 heavy (non-hydrogen) atoms. The lowest BCUT2D eigenvalue weighted by Crippen LogP contribution is -2.48. The lowest BCUT2D eigenvalue weighted by molar-refractivity contribution is 0.285. The fourth-order valence-corrected chi connectivity index (χ4v) is 4.45. The number of pyridine rings is 1. The van der Waals surface area contributed by atoms with Gasteiger partial charge in [-0.15, -0.1) is 0 Å². The predicted octanol–water partition coefficient (Wildman–Crippen LogP) is 1.56. The Labute approximate surface area is 174 Å². The summed E-state index contributed by atoms with van der Waals surface area (Å²) in [6, 6.07) is 10.3. The van der Waals surface area contributed by atoms with E-state index in [1.54, 1.807) is 48.8 Å². The first-order chi connectivity index (χ1) is 14.6. The molecule has 1 fully saturated rings. The summed E-state index contributed by atoms with van der Waals surface area (Å²) in [6.07, 6.45) is 3.26. The second-order valence-corrected chi connectivity index (χ2v) is 8.48. The van der Waals surface area contributed by atoms with Gasteiger partial charge in [0.15, 0.2) is 6.61 Å². The van der Waals surface area contributed by atoms with Gasteiger partial charge in [-0.05, 0) is 36.4 Å². The normalized spacial score (nSPS) is 15.2. The third-order valence-corrected chi connectivity index (χ3v) is 6.58. The lowest BCUT2D eigenvalue weighted by atomic mass is 10.3. The molecule has 0 atom stereocenters. The lowest BCUT2D eigenvalue weighted by Gasteiger charge is -2.32. The van der Waals surface area contributed by atoms with Crippen LogP contribution in [0.2, 0.25) is 0 Å². The standard InChI is InChI=1S/C19H21N5O5S/c1-27-15-4-6-17(7-5-15)30(25,26)24-11-9-23(10-12-24)19-21-18(22-29-19)14-28-16-3-2-8-20-13-16/h2-8,13H,9-12,14H2,1H3. The van der Waals surface area contributed by atoms with Gasteiger partial charge in [-0.2, -0.15) is 9.29 Å². The van der Waals surface area contributed by atoms with Crippen molar-refractivity contribution >= 4 is 16.0 Å². The van der Waals surface area contributed by atoms with Crippen LogP contribution in [-0.2, 0) is 16.6 Å². The van der Waals surface area contributed by atoms with E-state index in [-0.39, 0.29) is 11.5 Å². The van der Waals surface area contributed by atoms with Crippen molar-refractivity contribution in [2.24, 2.45) is 0 Å². The van der Waals surface area contributed by atoms with Crippen LogP contribution in [-0.4, -0.2) is 61.1 Å². The number of piperazine rings is 1. The molecular formula is C19H21N5O5S. The molecule has 1 aliphatic heterocycles. The number of hydrogen-bond acceptors (Lipinski definition) is 9. The molecule has 4 rings (SSSR count). The monoisotopic (exact) mass is 431 g/mol. The van der Waals surface area contributed by atoms with Crippen LogP contribution in [0.4, 0.5) is 6.01 Å². The summed E-state index contributed by atoms with van der Waals surface area (Å²) < 4.78 is 43.1. The molecule has 2 aromatic heterocycles. The number of methoxy groups -OCH3 is 1. The van der Waals surface area contributed by atoms with Crippen molar-refractivity contribution in [3.05, 3.63) is 54.6 Å². The molecule has 11 heteroatoms. The van der Waals surface area contributed by atoms with E-state index in [9.17, 15) is 8.42 Å². The molecule has 0 N–H and O–H groups in total. The molecule has 158 valence electrons. The third-order valence-electron chi connectivity index (χ3n) is 4.67. The molecule has 0 unspecified atom stereocenters. The first-order valence-electron chi connectivity index (χ1n) is 9.31. The van der Waals surface area contributed by atoms with E-state index in [4.69, 9.17) is 14.0 Å². The highest BCUT2D eigenvalue weighted by Gasteiger charge is 2.30. The molecular weight excluding hydrogens is 410 g/mol. The van der Waals surface area contributed by atoms with Crippen molar-refractivity contribution in [1.82, 2.24) is 19.4 Å². The van der Waals surface area contributed by atoms with Gasteiger partial charge in [0.1, 0.15) is 11.5 Å². The average molecular weight is 431 g/mol. The van der Waals surface area contributed by atoms with E-state index in [1.165, 1.54) is 11.4 Å². The van der Waals surface area contributed by atoms with E-state index in [1.807, 2.05) is 4.90 Å². The number of sulfonamides is 1. The van der Waals surface area contributed by atoms with E-state index >= 15 is 0 Å². The minimum atomic E-state index is -3.57. The van der Waals surface area contributed by atoms with Crippen molar-refractivity contribution in [3.8, 4) is 11.5 Å². The van der Waals surface area contributed by atoms with Crippen LogP contribution >= 0.6 is 0 Å². The summed E-state index contributed by atoms with van der Waals surface area (Å²) in [5, 5.41) is 3.92. The third kappa shape index (κ3) is 4.36. The SMILES string of the molecule is COc1ccc(S(=O)(=O)N2CCN(c3nc(COc4cccnc4)no3)CC2)cc1. The van der Waals surface area contributed by atoms with Gasteiger partial charge in [-0.25, -0.2) is 8.42 Å². The highest BCUT2D eigenvalue weighted by atomic mass is 32.2. The second kappa shape index (κ2) is 8.67. The zero-order valence-electron chi connectivity index (χ0n) is 16.3. The molecule has 0 saturated carbocycles. The molecule has 0 spiro atoms. The molecule has 0 radical (unpaired) electrons. The minimum absolute atomic E-state index is 0.154. The Bertz CT molecular complexity index is 1060. The molecule has 3 aromatic rings. The van der Waals surface area contributed by atoms with E-state index in [0.717, 1.165) is 0 Å². The number of rotatable bonds is 7. The molecule has 0 aliphatic carbocycles. The largest absolute Gasteiger partial charge is 0.497 e. The molecule has 1 aromatic carbocycles. The fraction of sp³-hybridized carbons (Fsp3) is 0.316. The number of ether oxygens (including phenoxy) is 2. The quantitative estimate of drug-likeness (QED) is 0.550. The molecule has 10 nitrogen and oxygen atoms in total. The van der Waals surface area contributed by atoms with Crippen LogP contribution in [0.15, 0.2) is 58.2 Å².